The van der Waals surface area contributed by atoms with Crippen molar-refractivity contribution < 1.29 is 4.74 Å². The minimum Gasteiger partial charge on any atom is -0.369 e. The lowest BCUT2D eigenvalue weighted by Gasteiger charge is -2.27. The Morgan fingerprint density at radius 3 is 2.71 bits per heavy atom. The topological polar surface area (TPSA) is 48.1 Å². The molecule has 3 nitrogen and oxygen atoms in total. The van der Waals surface area contributed by atoms with E-state index in [1.807, 2.05) is 18.3 Å². The van der Waals surface area contributed by atoms with Crippen molar-refractivity contribution in [2.75, 3.05) is 0 Å². The molecule has 1 aromatic heterocycles. The van der Waals surface area contributed by atoms with Gasteiger partial charge in [0.05, 0.1) is 12.2 Å². The summed E-state index contributed by atoms with van der Waals surface area (Å²) in [6.45, 7) is 6.36. The van der Waals surface area contributed by atoms with Crippen molar-refractivity contribution in [3.8, 4) is 0 Å². The third-order valence-electron chi connectivity index (χ3n) is 2.95. The number of hydrogen-bond acceptors (Lipinski definition) is 3. The first kappa shape index (κ1) is 14.1. The zero-order valence-corrected chi connectivity index (χ0v) is 11.1. The van der Waals surface area contributed by atoms with Gasteiger partial charge in [0.15, 0.2) is 0 Å². The van der Waals surface area contributed by atoms with Gasteiger partial charge >= 0.3 is 0 Å². The van der Waals surface area contributed by atoms with E-state index in [9.17, 15) is 0 Å². The predicted molar refractivity (Wildman–Crippen MR) is 70.7 cm³/mol. The van der Waals surface area contributed by atoms with Crippen LogP contribution in [0.25, 0.3) is 0 Å². The Hall–Kier alpha value is -0.930. The summed E-state index contributed by atoms with van der Waals surface area (Å²) in [5.74, 6) is 0. The van der Waals surface area contributed by atoms with E-state index < -0.39 is 0 Å². The van der Waals surface area contributed by atoms with Crippen LogP contribution in [0.15, 0.2) is 24.5 Å². The SMILES string of the molecule is CCCC(C)OC(c1cccnc1)C(N)CC. The molecule has 0 saturated heterocycles. The number of rotatable bonds is 7. The summed E-state index contributed by atoms with van der Waals surface area (Å²) in [6, 6.07) is 3.99. The van der Waals surface area contributed by atoms with Crippen molar-refractivity contribution in [1.29, 1.82) is 0 Å². The van der Waals surface area contributed by atoms with Crippen LogP contribution in [-0.2, 0) is 4.74 Å². The number of hydrogen-bond donors (Lipinski definition) is 1. The van der Waals surface area contributed by atoms with Crippen LogP contribution >= 0.6 is 0 Å². The molecule has 0 aliphatic rings. The first-order valence-electron chi connectivity index (χ1n) is 6.50. The Balaban J connectivity index is 2.74. The van der Waals surface area contributed by atoms with E-state index >= 15 is 0 Å². The van der Waals surface area contributed by atoms with Gasteiger partial charge in [-0.2, -0.15) is 0 Å². The van der Waals surface area contributed by atoms with Gasteiger partial charge in [-0.25, -0.2) is 0 Å². The fourth-order valence-electron chi connectivity index (χ4n) is 1.91. The van der Waals surface area contributed by atoms with Crippen LogP contribution in [-0.4, -0.2) is 17.1 Å². The van der Waals surface area contributed by atoms with Crippen molar-refractivity contribution in [3.63, 3.8) is 0 Å². The third-order valence-corrected chi connectivity index (χ3v) is 2.95. The number of pyridine rings is 1. The number of nitrogens with zero attached hydrogens (tertiary/aromatic N) is 1. The first-order valence-corrected chi connectivity index (χ1v) is 6.50. The zero-order valence-electron chi connectivity index (χ0n) is 11.1. The lowest BCUT2D eigenvalue weighted by Crippen LogP contribution is -2.31. The molecule has 0 saturated carbocycles. The van der Waals surface area contributed by atoms with Crippen molar-refractivity contribution in [2.45, 2.75) is 58.3 Å². The highest BCUT2D eigenvalue weighted by atomic mass is 16.5. The van der Waals surface area contributed by atoms with Gasteiger partial charge in [-0.1, -0.05) is 26.3 Å². The van der Waals surface area contributed by atoms with Crippen molar-refractivity contribution >= 4 is 0 Å². The molecule has 3 unspecified atom stereocenters. The van der Waals surface area contributed by atoms with Gasteiger partial charge in [-0.05, 0) is 25.8 Å². The number of ether oxygens (including phenoxy) is 1. The molecular formula is C14H24N2O. The summed E-state index contributed by atoms with van der Waals surface area (Å²) in [4.78, 5) is 4.14. The highest BCUT2D eigenvalue weighted by Crippen LogP contribution is 2.24. The van der Waals surface area contributed by atoms with Gasteiger partial charge in [-0.3, -0.25) is 4.98 Å². The van der Waals surface area contributed by atoms with E-state index in [1.54, 1.807) is 6.20 Å². The van der Waals surface area contributed by atoms with E-state index in [1.165, 1.54) is 0 Å². The van der Waals surface area contributed by atoms with Gasteiger partial charge < -0.3 is 10.5 Å². The van der Waals surface area contributed by atoms with E-state index in [-0.39, 0.29) is 18.2 Å². The highest BCUT2D eigenvalue weighted by Gasteiger charge is 2.21. The molecule has 0 fully saturated rings. The molecule has 0 aliphatic carbocycles. The van der Waals surface area contributed by atoms with E-state index in [2.05, 4.69) is 25.8 Å². The van der Waals surface area contributed by atoms with Gasteiger partial charge in [-0.15, -0.1) is 0 Å². The van der Waals surface area contributed by atoms with Crippen molar-refractivity contribution in [3.05, 3.63) is 30.1 Å². The summed E-state index contributed by atoms with van der Waals surface area (Å²) in [5.41, 5.74) is 7.21. The Morgan fingerprint density at radius 2 is 2.18 bits per heavy atom. The Bertz CT molecular complexity index is 302. The van der Waals surface area contributed by atoms with E-state index in [0.29, 0.717) is 0 Å². The maximum absolute atomic E-state index is 6.14. The molecule has 0 bridgehead atoms. The van der Waals surface area contributed by atoms with Crippen LogP contribution < -0.4 is 5.73 Å². The molecule has 1 rings (SSSR count). The summed E-state index contributed by atoms with van der Waals surface area (Å²) >= 11 is 0. The largest absolute Gasteiger partial charge is 0.369 e. The van der Waals surface area contributed by atoms with Gasteiger partial charge in [0.25, 0.3) is 0 Å². The molecule has 0 aromatic carbocycles. The van der Waals surface area contributed by atoms with Crippen LogP contribution in [0.5, 0.6) is 0 Å². The molecular weight excluding hydrogens is 212 g/mol. The Morgan fingerprint density at radius 1 is 1.41 bits per heavy atom. The molecule has 17 heavy (non-hydrogen) atoms. The molecule has 0 amide bonds. The normalized spacial score (nSPS) is 16.5. The monoisotopic (exact) mass is 236 g/mol. The standard InChI is InChI=1S/C14H24N2O/c1-4-7-11(3)17-14(13(15)5-2)12-8-6-9-16-10-12/h6,8-11,13-14H,4-5,7,15H2,1-3H3. The second-order valence-electron chi connectivity index (χ2n) is 4.51. The van der Waals surface area contributed by atoms with Gasteiger partial charge in [0, 0.05) is 24.0 Å². The highest BCUT2D eigenvalue weighted by molar-refractivity contribution is 5.14. The zero-order chi connectivity index (χ0) is 12.7. The van der Waals surface area contributed by atoms with Crippen molar-refractivity contribution in [2.24, 2.45) is 5.73 Å². The maximum Gasteiger partial charge on any atom is 0.0994 e. The van der Waals surface area contributed by atoms with Gasteiger partial charge in [0.2, 0.25) is 0 Å². The number of nitrogens with two attached hydrogens (primary N) is 1. The Kier molecular flexibility index (Phi) is 6.16. The van der Waals surface area contributed by atoms with E-state index in [0.717, 1.165) is 24.8 Å². The van der Waals surface area contributed by atoms with Crippen LogP contribution in [0.4, 0.5) is 0 Å². The second-order valence-corrected chi connectivity index (χ2v) is 4.51. The lowest BCUT2D eigenvalue weighted by molar-refractivity contribution is -0.0223. The minimum absolute atomic E-state index is 0.0264. The number of aromatic nitrogens is 1. The smallest absolute Gasteiger partial charge is 0.0994 e. The minimum atomic E-state index is -0.0461. The fourth-order valence-corrected chi connectivity index (χ4v) is 1.91. The van der Waals surface area contributed by atoms with Crippen LogP contribution in [0.2, 0.25) is 0 Å². The quantitative estimate of drug-likeness (QED) is 0.791. The molecule has 0 spiro atoms. The molecule has 1 heterocycles. The van der Waals surface area contributed by atoms with Crippen LogP contribution in [0.3, 0.4) is 0 Å². The van der Waals surface area contributed by atoms with Crippen LogP contribution in [0, 0.1) is 0 Å². The van der Waals surface area contributed by atoms with E-state index in [4.69, 9.17) is 10.5 Å². The summed E-state index contributed by atoms with van der Waals surface area (Å²) in [7, 11) is 0. The first-order chi connectivity index (χ1) is 8.19. The molecule has 3 heteroatoms. The second kappa shape index (κ2) is 7.41. The van der Waals surface area contributed by atoms with Gasteiger partial charge in [0.1, 0.15) is 0 Å². The predicted octanol–water partition coefficient (Wildman–Crippen LogP) is 3.07. The van der Waals surface area contributed by atoms with Crippen molar-refractivity contribution in [1.82, 2.24) is 4.98 Å². The molecule has 3 atom stereocenters. The van der Waals surface area contributed by atoms with Crippen LogP contribution in [0.1, 0.15) is 51.7 Å². The molecule has 0 radical (unpaired) electrons. The molecule has 1 aromatic rings. The third kappa shape index (κ3) is 4.44. The summed E-state index contributed by atoms with van der Waals surface area (Å²) in [6.07, 6.45) is 6.90. The Labute approximate surface area is 104 Å². The lowest BCUT2D eigenvalue weighted by atomic mass is 10.0. The average molecular weight is 236 g/mol. The molecule has 2 N–H and O–H groups in total. The fraction of sp³-hybridized carbons (Fsp3) is 0.643. The summed E-state index contributed by atoms with van der Waals surface area (Å²) < 4.78 is 6.06. The summed E-state index contributed by atoms with van der Waals surface area (Å²) in [5, 5.41) is 0. The molecule has 96 valence electrons. The average Bonchev–Trinajstić information content (AvgIpc) is 2.36. The molecule has 0 aliphatic heterocycles. The maximum atomic E-state index is 6.14.